The van der Waals surface area contributed by atoms with Gasteiger partial charge in [0, 0.05) is 16.2 Å². The number of aryl methyl sites for hydroxylation is 1. The number of amides is 1. The number of carbonyl (C=O) groups is 1. The second-order valence-corrected chi connectivity index (χ2v) is 5.21. The molecule has 1 amide bonds. The molecule has 0 aromatic heterocycles. The van der Waals surface area contributed by atoms with Crippen molar-refractivity contribution in [3.63, 3.8) is 0 Å². The molecule has 0 radical (unpaired) electrons. The van der Waals surface area contributed by atoms with Gasteiger partial charge in [0.1, 0.15) is 0 Å². The minimum absolute atomic E-state index is 0.0259. The van der Waals surface area contributed by atoms with E-state index < -0.39 is 0 Å². The zero-order chi connectivity index (χ0) is 12.8. The van der Waals surface area contributed by atoms with E-state index in [9.17, 15) is 4.79 Å². The minimum atomic E-state index is -0.0259. The van der Waals surface area contributed by atoms with Crippen molar-refractivity contribution in [2.24, 2.45) is 5.73 Å². The van der Waals surface area contributed by atoms with Crippen molar-refractivity contribution >= 4 is 28.5 Å². The smallest absolute Gasteiger partial charge is 0.252 e. The maximum atomic E-state index is 12.1. The molecule has 0 spiro atoms. The topological polar surface area (TPSA) is 55.1 Å². The highest BCUT2D eigenvalue weighted by molar-refractivity contribution is 14.1. The van der Waals surface area contributed by atoms with Crippen LogP contribution >= 0.6 is 22.6 Å². The first-order valence-corrected chi connectivity index (χ1v) is 6.94. The van der Waals surface area contributed by atoms with E-state index in [1.807, 2.05) is 25.1 Å². The van der Waals surface area contributed by atoms with Gasteiger partial charge in [-0.3, -0.25) is 4.79 Å². The number of hydrogen-bond acceptors (Lipinski definition) is 2. The summed E-state index contributed by atoms with van der Waals surface area (Å²) in [5.41, 5.74) is 7.50. The van der Waals surface area contributed by atoms with Gasteiger partial charge in [0.25, 0.3) is 5.91 Å². The Bertz CT molecular complexity index is 393. The highest BCUT2D eigenvalue weighted by atomic mass is 127. The van der Waals surface area contributed by atoms with Crippen LogP contribution in [0.1, 0.15) is 35.7 Å². The zero-order valence-corrected chi connectivity index (χ0v) is 12.5. The molecule has 0 heterocycles. The van der Waals surface area contributed by atoms with E-state index in [-0.39, 0.29) is 11.9 Å². The van der Waals surface area contributed by atoms with E-state index in [0.717, 1.165) is 27.5 Å². The minimum Gasteiger partial charge on any atom is -0.348 e. The average Bonchev–Trinajstić information content (AvgIpc) is 2.31. The van der Waals surface area contributed by atoms with E-state index in [2.05, 4.69) is 34.8 Å². The molecule has 1 unspecified atom stereocenters. The highest BCUT2D eigenvalue weighted by Crippen LogP contribution is 2.16. The number of benzene rings is 1. The first-order valence-electron chi connectivity index (χ1n) is 5.86. The molecule has 0 bridgehead atoms. The molecular formula is C13H19IN2O. The molecule has 0 aliphatic carbocycles. The normalized spacial score (nSPS) is 12.2. The van der Waals surface area contributed by atoms with Gasteiger partial charge >= 0.3 is 0 Å². The van der Waals surface area contributed by atoms with Crippen molar-refractivity contribution in [1.29, 1.82) is 0 Å². The fourth-order valence-corrected chi connectivity index (χ4v) is 2.29. The second-order valence-electron chi connectivity index (χ2n) is 4.13. The lowest BCUT2D eigenvalue weighted by Crippen LogP contribution is -2.40. The Kier molecular flexibility index (Phi) is 5.91. The van der Waals surface area contributed by atoms with Crippen molar-refractivity contribution < 1.29 is 4.79 Å². The molecule has 1 aromatic rings. The molecule has 3 N–H and O–H groups in total. The molecule has 0 aliphatic rings. The Labute approximate surface area is 116 Å². The molecule has 1 rings (SSSR count). The number of rotatable bonds is 5. The molecule has 0 saturated carbocycles. The number of nitrogens with one attached hydrogen (secondary N) is 1. The van der Waals surface area contributed by atoms with Gasteiger partial charge in [0.05, 0.1) is 5.56 Å². The highest BCUT2D eigenvalue weighted by Gasteiger charge is 2.14. The molecule has 94 valence electrons. The summed E-state index contributed by atoms with van der Waals surface area (Å²) in [5, 5.41) is 2.98. The van der Waals surface area contributed by atoms with Crippen molar-refractivity contribution in [2.45, 2.75) is 32.7 Å². The molecule has 3 nitrogen and oxygen atoms in total. The van der Waals surface area contributed by atoms with Crippen LogP contribution in [0, 0.1) is 10.5 Å². The predicted octanol–water partition coefficient (Wildman–Crippen LogP) is 2.46. The average molecular weight is 346 g/mol. The van der Waals surface area contributed by atoms with Crippen molar-refractivity contribution in [3.05, 3.63) is 32.9 Å². The molecule has 0 saturated heterocycles. The fraction of sp³-hybridized carbons (Fsp3) is 0.462. The van der Waals surface area contributed by atoms with Gasteiger partial charge < -0.3 is 11.1 Å². The van der Waals surface area contributed by atoms with Gasteiger partial charge in [-0.25, -0.2) is 0 Å². The number of nitrogens with two attached hydrogens (primary N) is 1. The summed E-state index contributed by atoms with van der Waals surface area (Å²) in [5.74, 6) is -0.0259. The van der Waals surface area contributed by atoms with Crippen LogP contribution in [0.4, 0.5) is 0 Å². The van der Waals surface area contributed by atoms with E-state index in [4.69, 9.17) is 5.73 Å². The Morgan fingerprint density at radius 2 is 2.24 bits per heavy atom. The van der Waals surface area contributed by atoms with Gasteiger partial charge in [0.2, 0.25) is 0 Å². The molecule has 1 aromatic carbocycles. The summed E-state index contributed by atoms with van der Waals surface area (Å²) in [6.45, 7) is 4.58. The summed E-state index contributed by atoms with van der Waals surface area (Å²) in [4.78, 5) is 12.1. The molecule has 0 fully saturated rings. The molecule has 0 aliphatic heterocycles. The lowest BCUT2D eigenvalue weighted by Gasteiger charge is -2.16. The largest absolute Gasteiger partial charge is 0.348 e. The maximum Gasteiger partial charge on any atom is 0.252 e. The Morgan fingerprint density at radius 3 is 2.82 bits per heavy atom. The van der Waals surface area contributed by atoms with Crippen LogP contribution in [-0.2, 0) is 0 Å². The van der Waals surface area contributed by atoms with Crippen molar-refractivity contribution in [1.82, 2.24) is 5.32 Å². The Morgan fingerprint density at radius 1 is 1.53 bits per heavy atom. The van der Waals surface area contributed by atoms with E-state index in [1.54, 1.807) is 0 Å². The third kappa shape index (κ3) is 3.96. The van der Waals surface area contributed by atoms with E-state index >= 15 is 0 Å². The first-order chi connectivity index (χ1) is 8.10. The Balaban J connectivity index is 2.79. The summed E-state index contributed by atoms with van der Waals surface area (Å²) in [7, 11) is 0. The van der Waals surface area contributed by atoms with Crippen LogP contribution in [-0.4, -0.2) is 18.5 Å². The van der Waals surface area contributed by atoms with E-state index in [0.29, 0.717) is 6.54 Å². The standard InChI is InChI=1S/C13H19IN2O/c1-3-5-10(8-15)16-13(17)11-7-4-6-9(2)12(11)14/h4,6-7,10H,3,5,8,15H2,1-2H3,(H,16,17). The van der Waals surface area contributed by atoms with Gasteiger partial charge in [-0.1, -0.05) is 25.5 Å². The molecular weight excluding hydrogens is 327 g/mol. The van der Waals surface area contributed by atoms with Crippen LogP contribution < -0.4 is 11.1 Å². The van der Waals surface area contributed by atoms with Crippen LogP contribution in [0.5, 0.6) is 0 Å². The van der Waals surface area contributed by atoms with Crippen LogP contribution in [0.3, 0.4) is 0 Å². The Hall–Kier alpha value is -0.620. The second kappa shape index (κ2) is 6.96. The van der Waals surface area contributed by atoms with Crippen LogP contribution in [0.2, 0.25) is 0 Å². The van der Waals surface area contributed by atoms with Crippen molar-refractivity contribution in [2.75, 3.05) is 6.54 Å². The number of halogens is 1. The quantitative estimate of drug-likeness (QED) is 0.805. The van der Waals surface area contributed by atoms with Gasteiger partial charge in [-0.2, -0.15) is 0 Å². The number of hydrogen-bond donors (Lipinski definition) is 2. The summed E-state index contributed by atoms with van der Waals surface area (Å²) < 4.78 is 1.01. The third-order valence-electron chi connectivity index (χ3n) is 2.69. The third-order valence-corrected chi connectivity index (χ3v) is 4.13. The van der Waals surface area contributed by atoms with Crippen molar-refractivity contribution in [3.8, 4) is 0 Å². The predicted molar refractivity (Wildman–Crippen MR) is 79.1 cm³/mol. The molecule has 1 atom stereocenters. The maximum absolute atomic E-state index is 12.1. The lowest BCUT2D eigenvalue weighted by atomic mass is 10.1. The van der Waals surface area contributed by atoms with Crippen LogP contribution in [0.15, 0.2) is 18.2 Å². The summed E-state index contributed by atoms with van der Waals surface area (Å²) in [6.07, 6.45) is 1.94. The summed E-state index contributed by atoms with van der Waals surface area (Å²) >= 11 is 2.21. The molecule has 17 heavy (non-hydrogen) atoms. The van der Waals surface area contributed by atoms with E-state index in [1.165, 1.54) is 0 Å². The van der Waals surface area contributed by atoms with Gasteiger partial charge in [-0.15, -0.1) is 0 Å². The number of carbonyl (C=O) groups excluding carboxylic acids is 1. The summed E-state index contributed by atoms with van der Waals surface area (Å²) in [6, 6.07) is 5.84. The SMILES string of the molecule is CCCC(CN)NC(=O)c1cccc(C)c1I. The van der Waals surface area contributed by atoms with Crippen LogP contribution in [0.25, 0.3) is 0 Å². The monoisotopic (exact) mass is 346 g/mol. The van der Waals surface area contributed by atoms with Gasteiger partial charge in [-0.05, 0) is 47.6 Å². The fourth-order valence-electron chi connectivity index (χ4n) is 1.68. The first kappa shape index (κ1) is 14.4. The van der Waals surface area contributed by atoms with Gasteiger partial charge in [0.15, 0.2) is 0 Å². The lowest BCUT2D eigenvalue weighted by molar-refractivity contribution is 0.0935. The molecule has 4 heteroatoms. The zero-order valence-electron chi connectivity index (χ0n) is 10.3.